The number of carbonyl (C=O) groups is 2. The third-order valence-electron chi connectivity index (χ3n) is 3.71. The molecule has 0 aliphatic rings. The van der Waals surface area contributed by atoms with Crippen LogP contribution in [0.25, 0.3) is 0 Å². The van der Waals surface area contributed by atoms with Gasteiger partial charge in [0, 0.05) is 30.2 Å². The summed E-state index contributed by atoms with van der Waals surface area (Å²) in [6.45, 7) is 1.46. The zero-order valence-corrected chi connectivity index (χ0v) is 15.0. The summed E-state index contributed by atoms with van der Waals surface area (Å²) in [4.78, 5) is 35.8. The van der Waals surface area contributed by atoms with Crippen LogP contribution >= 0.6 is 11.6 Å². The van der Waals surface area contributed by atoms with Crippen molar-refractivity contribution in [3.05, 3.63) is 74.3 Å². The molecule has 0 fully saturated rings. The van der Waals surface area contributed by atoms with Crippen LogP contribution in [-0.4, -0.2) is 35.4 Å². The van der Waals surface area contributed by atoms with Crippen LogP contribution in [0.1, 0.15) is 21.5 Å². The summed E-state index contributed by atoms with van der Waals surface area (Å²) in [5, 5.41) is 11.4. The number of hydrogen-bond donors (Lipinski definition) is 0. The first kappa shape index (κ1) is 19.4. The first-order valence-corrected chi connectivity index (χ1v) is 8.06. The van der Waals surface area contributed by atoms with Gasteiger partial charge in [0.15, 0.2) is 6.61 Å². The largest absolute Gasteiger partial charge is 0.452 e. The number of carbonyl (C=O) groups excluding carboxylic acids is 2. The molecular weight excluding hydrogens is 360 g/mol. The number of nitro benzene ring substituents is 1. The highest BCUT2D eigenvalue weighted by atomic mass is 35.5. The molecule has 0 heterocycles. The number of ether oxygens (including phenoxy) is 1. The molecule has 0 unspecified atom stereocenters. The van der Waals surface area contributed by atoms with Crippen molar-refractivity contribution in [3.63, 3.8) is 0 Å². The van der Waals surface area contributed by atoms with E-state index in [-0.39, 0.29) is 17.2 Å². The molecule has 7 nitrogen and oxygen atoms in total. The lowest BCUT2D eigenvalue weighted by Gasteiger charge is -2.17. The van der Waals surface area contributed by atoms with Crippen LogP contribution in [0.2, 0.25) is 5.02 Å². The van der Waals surface area contributed by atoms with E-state index in [2.05, 4.69) is 0 Å². The second-order valence-electron chi connectivity index (χ2n) is 5.71. The Morgan fingerprint density at radius 1 is 1.19 bits per heavy atom. The van der Waals surface area contributed by atoms with Crippen LogP contribution in [0, 0.1) is 17.0 Å². The Balaban J connectivity index is 1.91. The molecule has 0 aromatic heterocycles. The summed E-state index contributed by atoms with van der Waals surface area (Å²) in [5.41, 5.74) is 1.31. The van der Waals surface area contributed by atoms with Gasteiger partial charge in [-0.25, -0.2) is 4.79 Å². The van der Waals surface area contributed by atoms with Gasteiger partial charge in [-0.1, -0.05) is 23.7 Å². The first-order valence-electron chi connectivity index (χ1n) is 7.68. The maximum atomic E-state index is 12.1. The summed E-state index contributed by atoms with van der Waals surface area (Å²) >= 11 is 5.82. The minimum Gasteiger partial charge on any atom is -0.452 e. The van der Waals surface area contributed by atoms with Gasteiger partial charge in [-0.15, -0.1) is 0 Å². The smallest absolute Gasteiger partial charge is 0.338 e. The van der Waals surface area contributed by atoms with Crippen LogP contribution in [0.3, 0.4) is 0 Å². The molecule has 2 aromatic carbocycles. The molecule has 1 amide bonds. The average molecular weight is 377 g/mol. The number of benzene rings is 2. The zero-order valence-electron chi connectivity index (χ0n) is 14.3. The standard InChI is InChI=1S/C18H17ClN2O5/c1-12-9-14(5-8-16(12)21(24)25)18(23)26-11-17(22)20(2)10-13-3-6-15(19)7-4-13/h3-9H,10-11H2,1-2H3. The molecule has 0 spiro atoms. The van der Waals surface area contributed by atoms with Gasteiger partial charge in [0.25, 0.3) is 11.6 Å². The van der Waals surface area contributed by atoms with E-state index < -0.39 is 17.5 Å². The van der Waals surface area contributed by atoms with Crippen molar-refractivity contribution in [1.82, 2.24) is 4.90 Å². The highest BCUT2D eigenvalue weighted by molar-refractivity contribution is 6.30. The van der Waals surface area contributed by atoms with Gasteiger partial charge in [-0.2, -0.15) is 0 Å². The normalized spacial score (nSPS) is 10.3. The van der Waals surface area contributed by atoms with Crippen molar-refractivity contribution in [3.8, 4) is 0 Å². The lowest BCUT2D eigenvalue weighted by atomic mass is 10.1. The van der Waals surface area contributed by atoms with Crippen molar-refractivity contribution in [1.29, 1.82) is 0 Å². The van der Waals surface area contributed by atoms with Crippen LogP contribution in [-0.2, 0) is 16.1 Å². The molecule has 0 saturated heterocycles. The molecule has 136 valence electrons. The number of nitrogens with zero attached hydrogens (tertiary/aromatic N) is 2. The Kier molecular flexibility index (Phi) is 6.30. The number of hydrogen-bond acceptors (Lipinski definition) is 5. The van der Waals surface area contributed by atoms with E-state index in [0.717, 1.165) is 5.56 Å². The van der Waals surface area contributed by atoms with E-state index >= 15 is 0 Å². The number of likely N-dealkylation sites (N-methyl/N-ethyl adjacent to an activating group) is 1. The Hall–Kier alpha value is -2.93. The number of nitro groups is 1. The van der Waals surface area contributed by atoms with Gasteiger partial charge in [0.05, 0.1) is 10.5 Å². The van der Waals surface area contributed by atoms with Gasteiger partial charge < -0.3 is 9.64 Å². The van der Waals surface area contributed by atoms with Gasteiger partial charge in [-0.05, 0) is 36.8 Å². The fourth-order valence-corrected chi connectivity index (χ4v) is 2.39. The molecule has 0 aliphatic heterocycles. The first-order chi connectivity index (χ1) is 12.3. The van der Waals surface area contributed by atoms with Gasteiger partial charge in [-0.3, -0.25) is 14.9 Å². The minimum absolute atomic E-state index is 0.0830. The van der Waals surface area contributed by atoms with Crippen molar-refractivity contribution >= 4 is 29.2 Å². The van der Waals surface area contributed by atoms with E-state index in [1.807, 2.05) is 0 Å². The zero-order chi connectivity index (χ0) is 19.3. The molecule has 0 saturated carbocycles. The highest BCUT2D eigenvalue weighted by Gasteiger charge is 2.17. The molecule has 0 atom stereocenters. The minimum atomic E-state index is -0.712. The molecular formula is C18H17ClN2O5. The molecule has 0 aliphatic carbocycles. The number of esters is 1. The van der Waals surface area contributed by atoms with Crippen molar-refractivity contribution < 1.29 is 19.2 Å². The molecule has 2 aromatic rings. The molecule has 8 heteroatoms. The van der Waals surface area contributed by atoms with Gasteiger partial charge in [0.2, 0.25) is 0 Å². The quantitative estimate of drug-likeness (QED) is 0.438. The van der Waals surface area contributed by atoms with Gasteiger partial charge in [0.1, 0.15) is 0 Å². The monoisotopic (exact) mass is 376 g/mol. The predicted molar refractivity (Wildman–Crippen MR) is 96.0 cm³/mol. The second kappa shape index (κ2) is 8.44. The van der Waals surface area contributed by atoms with E-state index in [1.54, 1.807) is 31.3 Å². The maximum Gasteiger partial charge on any atom is 0.338 e. The SMILES string of the molecule is Cc1cc(C(=O)OCC(=O)N(C)Cc2ccc(Cl)cc2)ccc1[N+](=O)[O-]. The summed E-state index contributed by atoms with van der Waals surface area (Å²) in [6.07, 6.45) is 0. The van der Waals surface area contributed by atoms with Crippen LogP contribution in [0.5, 0.6) is 0 Å². The Morgan fingerprint density at radius 2 is 1.85 bits per heavy atom. The molecule has 0 N–H and O–H groups in total. The van der Waals surface area contributed by atoms with Crippen LogP contribution in [0.4, 0.5) is 5.69 Å². The third-order valence-corrected chi connectivity index (χ3v) is 3.97. The fourth-order valence-electron chi connectivity index (χ4n) is 2.26. The van der Waals surface area contributed by atoms with Crippen molar-refractivity contribution in [2.45, 2.75) is 13.5 Å². The Bertz CT molecular complexity index is 836. The average Bonchev–Trinajstić information content (AvgIpc) is 2.60. The van der Waals surface area contributed by atoms with E-state index in [1.165, 1.54) is 30.0 Å². The van der Waals surface area contributed by atoms with Crippen molar-refractivity contribution in [2.24, 2.45) is 0 Å². The molecule has 2 rings (SSSR count). The Labute approximate surface area is 155 Å². The summed E-state index contributed by atoms with van der Waals surface area (Å²) in [6, 6.07) is 11.0. The third kappa shape index (κ3) is 5.03. The summed E-state index contributed by atoms with van der Waals surface area (Å²) in [5.74, 6) is -1.08. The number of amides is 1. The predicted octanol–water partition coefficient (Wildman–Crippen LogP) is 3.37. The van der Waals surface area contributed by atoms with E-state index in [0.29, 0.717) is 17.1 Å². The molecule has 0 radical (unpaired) electrons. The number of rotatable bonds is 6. The topological polar surface area (TPSA) is 89.8 Å². The Morgan fingerprint density at radius 3 is 2.42 bits per heavy atom. The lowest BCUT2D eigenvalue weighted by Crippen LogP contribution is -2.30. The lowest BCUT2D eigenvalue weighted by molar-refractivity contribution is -0.385. The van der Waals surface area contributed by atoms with E-state index in [4.69, 9.17) is 16.3 Å². The van der Waals surface area contributed by atoms with Crippen LogP contribution in [0.15, 0.2) is 42.5 Å². The number of aryl methyl sites for hydroxylation is 1. The number of halogens is 1. The van der Waals surface area contributed by atoms with E-state index in [9.17, 15) is 19.7 Å². The highest BCUT2D eigenvalue weighted by Crippen LogP contribution is 2.19. The van der Waals surface area contributed by atoms with Crippen molar-refractivity contribution in [2.75, 3.05) is 13.7 Å². The molecule has 0 bridgehead atoms. The fraction of sp³-hybridized carbons (Fsp3) is 0.222. The van der Waals surface area contributed by atoms with Crippen LogP contribution < -0.4 is 0 Å². The maximum absolute atomic E-state index is 12.1. The van der Waals surface area contributed by atoms with Gasteiger partial charge >= 0.3 is 5.97 Å². The summed E-state index contributed by atoms with van der Waals surface area (Å²) in [7, 11) is 1.60. The second-order valence-corrected chi connectivity index (χ2v) is 6.15. The molecule has 26 heavy (non-hydrogen) atoms. The summed E-state index contributed by atoms with van der Waals surface area (Å²) < 4.78 is 5.00.